The molecule has 6 nitrogen and oxygen atoms in total. The first-order valence-electron chi connectivity index (χ1n) is 6.65. The molecule has 0 bridgehead atoms. The van der Waals surface area contributed by atoms with E-state index in [0.717, 1.165) is 5.69 Å². The minimum Gasteiger partial charge on any atom is -0.349 e. The number of hydrogen-bond donors (Lipinski definition) is 1. The summed E-state index contributed by atoms with van der Waals surface area (Å²) in [6.07, 6.45) is 3.84. The van der Waals surface area contributed by atoms with Gasteiger partial charge in [0.15, 0.2) is 0 Å². The number of nitrogens with one attached hydrogen (secondary N) is 1. The van der Waals surface area contributed by atoms with Gasteiger partial charge in [0, 0.05) is 31.0 Å². The zero-order chi connectivity index (χ0) is 15.6. The largest absolute Gasteiger partial charge is 0.349 e. The van der Waals surface area contributed by atoms with Gasteiger partial charge in [0.2, 0.25) is 10.0 Å². The summed E-state index contributed by atoms with van der Waals surface area (Å²) in [6.45, 7) is 2.64. The van der Waals surface area contributed by atoms with Gasteiger partial charge in [0.1, 0.15) is 0 Å². The molecule has 0 atom stereocenters. The fourth-order valence-electron chi connectivity index (χ4n) is 2.29. The van der Waals surface area contributed by atoms with E-state index >= 15 is 0 Å². The number of aryl methyl sites for hydroxylation is 1. The van der Waals surface area contributed by atoms with Gasteiger partial charge in [-0.2, -0.15) is 0 Å². The Labute approximate surface area is 129 Å². The number of nitrogens with zero attached hydrogens (tertiary/aromatic N) is 2. The molecule has 21 heavy (non-hydrogen) atoms. The van der Waals surface area contributed by atoms with Crippen LogP contribution in [0.2, 0.25) is 5.02 Å². The van der Waals surface area contributed by atoms with Crippen LogP contribution in [0.4, 0.5) is 0 Å². The molecule has 1 fully saturated rings. The molecule has 8 heteroatoms. The van der Waals surface area contributed by atoms with Crippen LogP contribution in [0.15, 0.2) is 12.3 Å². The lowest BCUT2D eigenvalue weighted by atomic mass is 10.1. The van der Waals surface area contributed by atoms with E-state index in [1.54, 1.807) is 13.0 Å². The summed E-state index contributed by atoms with van der Waals surface area (Å²) in [4.78, 5) is 16.2. The van der Waals surface area contributed by atoms with Crippen molar-refractivity contribution in [3.05, 3.63) is 28.5 Å². The average molecular weight is 332 g/mol. The zero-order valence-electron chi connectivity index (χ0n) is 12.0. The number of piperidine rings is 1. The Morgan fingerprint density at radius 2 is 2.05 bits per heavy atom. The van der Waals surface area contributed by atoms with Crippen molar-refractivity contribution in [2.75, 3.05) is 19.3 Å². The number of sulfonamides is 1. The molecule has 2 heterocycles. The first-order valence-corrected chi connectivity index (χ1v) is 8.88. The predicted molar refractivity (Wildman–Crippen MR) is 80.9 cm³/mol. The fraction of sp³-hybridized carbons (Fsp3) is 0.538. The molecule has 0 spiro atoms. The lowest BCUT2D eigenvalue weighted by Gasteiger charge is -2.30. The van der Waals surface area contributed by atoms with Crippen LogP contribution in [0.3, 0.4) is 0 Å². The number of carbonyl (C=O) groups is 1. The molecule has 1 N–H and O–H groups in total. The highest BCUT2D eigenvalue weighted by Crippen LogP contribution is 2.18. The Morgan fingerprint density at radius 3 is 2.57 bits per heavy atom. The van der Waals surface area contributed by atoms with E-state index in [4.69, 9.17) is 11.6 Å². The van der Waals surface area contributed by atoms with Crippen molar-refractivity contribution < 1.29 is 13.2 Å². The molecule has 1 aliphatic rings. The van der Waals surface area contributed by atoms with E-state index in [9.17, 15) is 13.2 Å². The highest BCUT2D eigenvalue weighted by Gasteiger charge is 2.26. The van der Waals surface area contributed by atoms with E-state index in [0.29, 0.717) is 36.5 Å². The van der Waals surface area contributed by atoms with Crippen LogP contribution in [0, 0.1) is 6.92 Å². The van der Waals surface area contributed by atoms with Crippen LogP contribution >= 0.6 is 11.6 Å². The minimum absolute atomic E-state index is 0.0483. The van der Waals surface area contributed by atoms with Crippen molar-refractivity contribution in [3.63, 3.8) is 0 Å². The predicted octanol–water partition coefficient (Wildman–Crippen LogP) is 1.20. The SMILES string of the molecule is Cc1cc(Cl)c(C(=O)NC2CCN(S(C)(=O)=O)CC2)cn1. The van der Waals surface area contributed by atoms with Gasteiger partial charge in [-0.1, -0.05) is 11.6 Å². The topological polar surface area (TPSA) is 79.4 Å². The smallest absolute Gasteiger partial charge is 0.254 e. The van der Waals surface area contributed by atoms with Crippen LogP contribution < -0.4 is 5.32 Å². The van der Waals surface area contributed by atoms with Crippen LogP contribution in [0.5, 0.6) is 0 Å². The Kier molecular flexibility index (Phi) is 4.85. The van der Waals surface area contributed by atoms with Gasteiger partial charge in [-0.3, -0.25) is 9.78 Å². The quantitative estimate of drug-likeness (QED) is 0.902. The highest BCUT2D eigenvalue weighted by molar-refractivity contribution is 7.88. The second kappa shape index (κ2) is 6.29. The third kappa shape index (κ3) is 4.15. The Hall–Kier alpha value is -1.18. The van der Waals surface area contributed by atoms with Crippen LogP contribution in [-0.4, -0.2) is 49.0 Å². The molecule has 1 aromatic heterocycles. The van der Waals surface area contributed by atoms with E-state index in [1.165, 1.54) is 16.8 Å². The summed E-state index contributed by atoms with van der Waals surface area (Å²) in [7, 11) is -3.15. The van der Waals surface area contributed by atoms with Gasteiger partial charge in [-0.15, -0.1) is 0 Å². The van der Waals surface area contributed by atoms with Gasteiger partial charge in [-0.25, -0.2) is 12.7 Å². The Balaban J connectivity index is 1.96. The van der Waals surface area contributed by atoms with Crippen molar-refractivity contribution in [1.82, 2.24) is 14.6 Å². The number of halogens is 1. The number of rotatable bonds is 3. The van der Waals surface area contributed by atoms with Crippen molar-refractivity contribution >= 4 is 27.5 Å². The first-order chi connectivity index (χ1) is 9.77. The number of carbonyl (C=O) groups excluding carboxylic acids is 1. The Bertz CT molecular complexity index is 640. The molecule has 0 aromatic carbocycles. The lowest BCUT2D eigenvalue weighted by molar-refractivity contribution is 0.0923. The third-order valence-corrected chi connectivity index (χ3v) is 5.11. The molecule has 116 valence electrons. The second-order valence-electron chi connectivity index (χ2n) is 5.22. The minimum atomic E-state index is -3.15. The normalized spacial score (nSPS) is 17.7. The van der Waals surface area contributed by atoms with Crippen LogP contribution in [-0.2, 0) is 10.0 Å². The number of pyridine rings is 1. The van der Waals surface area contributed by atoms with Crippen LogP contribution in [0.25, 0.3) is 0 Å². The number of hydrogen-bond acceptors (Lipinski definition) is 4. The van der Waals surface area contributed by atoms with E-state index in [-0.39, 0.29) is 11.9 Å². The lowest BCUT2D eigenvalue weighted by Crippen LogP contribution is -2.46. The molecule has 1 saturated heterocycles. The van der Waals surface area contributed by atoms with Gasteiger partial charge < -0.3 is 5.32 Å². The first kappa shape index (κ1) is 16.2. The number of aromatic nitrogens is 1. The van der Waals surface area contributed by atoms with Gasteiger partial charge >= 0.3 is 0 Å². The Morgan fingerprint density at radius 1 is 1.43 bits per heavy atom. The van der Waals surface area contributed by atoms with Gasteiger partial charge in [-0.05, 0) is 25.8 Å². The molecule has 1 aromatic rings. The van der Waals surface area contributed by atoms with Crippen molar-refractivity contribution in [2.24, 2.45) is 0 Å². The van der Waals surface area contributed by atoms with E-state index in [2.05, 4.69) is 10.3 Å². The molecule has 0 radical (unpaired) electrons. The molecule has 0 unspecified atom stereocenters. The molecule has 1 amide bonds. The highest BCUT2D eigenvalue weighted by atomic mass is 35.5. The summed E-state index contributed by atoms with van der Waals surface area (Å²) in [5.74, 6) is -0.273. The van der Waals surface area contributed by atoms with Crippen LogP contribution in [0.1, 0.15) is 28.9 Å². The molecular formula is C13H18ClN3O3S. The van der Waals surface area contributed by atoms with E-state index < -0.39 is 10.0 Å². The van der Waals surface area contributed by atoms with Gasteiger partial charge in [0.05, 0.1) is 16.8 Å². The molecule has 0 aliphatic carbocycles. The molecule has 0 saturated carbocycles. The fourth-order valence-corrected chi connectivity index (χ4v) is 3.46. The van der Waals surface area contributed by atoms with Crippen molar-refractivity contribution in [1.29, 1.82) is 0 Å². The van der Waals surface area contributed by atoms with Crippen molar-refractivity contribution in [3.8, 4) is 0 Å². The molecular weight excluding hydrogens is 314 g/mol. The third-order valence-electron chi connectivity index (χ3n) is 3.49. The molecule has 2 rings (SSSR count). The zero-order valence-corrected chi connectivity index (χ0v) is 13.5. The average Bonchev–Trinajstić information content (AvgIpc) is 2.38. The van der Waals surface area contributed by atoms with Gasteiger partial charge in [0.25, 0.3) is 5.91 Å². The maximum Gasteiger partial charge on any atom is 0.254 e. The summed E-state index contributed by atoms with van der Waals surface area (Å²) in [5.41, 5.74) is 1.09. The maximum absolute atomic E-state index is 12.2. The summed E-state index contributed by atoms with van der Waals surface area (Å²) in [6, 6.07) is 1.59. The van der Waals surface area contributed by atoms with Crippen molar-refractivity contribution in [2.45, 2.75) is 25.8 Å². The summed E-state index contributed by atoms with van der Waals surface area (Å²) >= 11 is 6.04. The second-order valence-corrected chi connectivity index (χ2v) is 7.60. The number of amides is 1. The monoisotopic (exact) mass is 331 g/mol. The standard InChI is InChI=1S/C13H18ClN3O3S/c1-9-7-12(14)11(8-15-9)13(18)16-10-3-5-17(6-4-10)21(2,19)20/h7-8,10H,3-6H2,1-2H3,(H,16,18). The van der Waals surface area contributed by atoms with E-state index in [1.807, 2.05) is 0 Å². The molecule has 1 aliphatic heterocycles. The summed E-state index contributed by atoms with van der Waals surface area (Å²) < 4.78 is 24.3. The maximum atomic E-state index is 12.2. The summed E-state index contributed by atoms with van der Waals surface area (Å²) in [5, 5.41) is 3.25.